The molecule has 0 aromatic heterocycles. The summed E-state index contributed by atoms with van der Waals surface area (Å²) in [6.07, 6.45) is 0.183. The van der Waals surface area contributed by atoms with Crippen LogP contribution in [0.1, 0.15) is 16.8 Å². The summed E-state index contributed by atoms with van der Waals surface area (Å²) in [5, 5.41) is 8.55. The van der Waals surface area contributed by atoms with Crippen LogP contribution in [-0.2, 0) is 0 Å². The fourth-order valence-electron chi connectivity index (χ4n) is 0.924. The van der Waals surface area contributed by atoms with Crippen molar-refractivity contribution in [1.29, 1.82) is 0 Å². The Hall–Kier alpha value is -0.670. The Labute approximate surface area is 79.3 Å². The predicted molar refractivity (Wildman–Crippen MR) is 50.2 cm³/mol. The zero-order valence-electron chi connectivity index (χ0n) is 6.46. The number of carbonyl (C=O) groups excluding carboxylic acids is 1. The summed E-state index contributed by atoms with van der Waals surface area (Å²) in [5.41, 5.74) is 0.631. The van der Waals surface area contributed by atoms with Crippen LogP contribution in [0.25, 0.3) is 0 Å². The molecule has 1 aromatic carbocycles. The molecule has 0 heterocycles. The van der Waals surface area contributed by atoms with Gasteiger partial charge in [-0.15, -0.1) is 0 Å². The molecule has 3 heteroatoms. The maximum absolute atomic E-state index is 11.3. The van der Waals surface area contributed by atoms with E-state index in [0.717, 1.165) is 4.47 Å². The third kappa shape index (κ3) is 2.16. The van der Waals surface area contributed by atoms with E-state index in [1.165, 1.54) is 0 Å². The number of benzene rings is 1. The lowest BCUT2D eigenvalue weighted by atomic mass is 10.1. The molecular formula is C9H9BrO2. The largest absolute Gasteiger partial charge is 0.396 e. The minimum Gasteiger partial charge on any atom is -0.396 e. The van der Waals surface area contributed by atoms with E-state index in [2.05, 4.69) is 15.9 Å². The lowest BCUT2D eigenvalue weighted by Gasteiger charge is -2.00. The molecule has 2 nitrogen and oxygen atoms in total. The van der Waals surface area contributed by atoms with Crippen molar-refractivity contribution in [2.24, 2.45) is 0 Å². The first kappa shape index (κ1) is 9.42. The number of rotatable bonds is 3. The Kier molecular flexibility index (Phi) is 3.44. The minimum absolute atomic E-state index is 0.0371. The monoisotopic (exact) mass is 228 g/mol. The van der Waals surface area contributed by atoms with Gasteiger partial charge in [0.25, 0.3) is 0 Å². The highest BCUT2D eigenvalue weighted by Crippen LogP contribution is 2.17. The summed E-state index contributed by atoms with van der Waals surface area (Å²) in [7, 11) is 0. The number of ketones is 1. The number of aliphatic hydroxyl groups excluding tert-OH is 1. The van der Waals surface area contributed by atoms with Crippen LogP contribution < -0.4 is 0 Å². The van der Waals surface area contributed by atoms with Gasteiger partial charge in [-0.25, -0.2) is 0 Å². The first-order valence-electron chi connectivity index (χ1n) is 3.64. The third-order valence-corrected chi connectivity index (χ3v) is 2.20. The Bertz CT molecular complexity index is 284. The van der Waals surface area contributed by atoms with Gasteiger partial charge in [-0.3, -0.25) is 4.79 Å². The van der Waals surface area contributed by atoms with E-state index in [4.69, 9.17) is 5.11 Å². The van der Waals surface area contributed by atoms with E-state index in [-0.39, 0.29) is 18.8 Å². The average molecular weight is 229 g/mol. The molecule has 12 heavy (non-hydrogen) atoms. The van der Waals surface area contributed by atoms with E-state index in [0.29, 0.717) is 5.56 Å². The summed E-state index contributed by atoms with van der Waals surface area (Å²) in [6, 6.07) is 7.20. The summed E-state index contributed by atoms with van der Waals surface area (Å²) >= 11 is 3.26. The van der Waals surface area contributed by atoms with Crippen molar-refractivity contribution in [3.63, 3.8) is 0 Å². The van der Waals surface area contributed by atoms with Crippen molar-refractivity contribution in [1.82, 2.24) is 0 Å². The van der Waals surface area contributed by atoms with Gasteiger partial charge in [-0.1, -0.05) is 34.1 Å². The summed E-state index contributed by atoms with van der Waals surface area (Å²) in [5.74, 6) is -0.0371. The minimum atomic E-state index is -0.0971. The molecule has 0 saturated heterocycles. The average Bonchev–Trinajstić information content (AvgIpc) is 2.05. The number of aliphatic hydroxyl groups is 1. The van der Waals surface area contributed by atoms with Crippen LogP contribution in [0.3, 0.4) is 0 Å². The molecule has 0 amide bonds. The molecule has 1 rings (SSSR count). The molecule has 0 atom stereocenters. The fourth-order valence-corrected chi connectivity index (χ4v) is 1.43. The molecule has 0 aliphatic rings. The van der Waals surface area contributed by atoms with Gasteiger partial charge in [0.15, 0.2) is 5.78 Å². The summed E-state index contributed by atoms with van der Waals surface area (Å²) < 4.78 is 0.781. The number of halogens is 1. The zero-order chi connectivity index (χ0) is 8.97. The van der Waals surface area contributed by atoms with Crippen molar-refractivity contribution in [2.45, 2.75) is 6.42 Å². The van der Waals surface area contributed by atoms with E-state index < -0.39 is 0 Å². The topological polar surface area (TPSA) is 37.3 Å². The molecule has 0 spiro atoms. The van der Waals surface area contributed by atoms with Gasteiger partial charge >= 0.3 is 0 Å². The lowest BCUT2D eigenvalue weighted by Crippen LogP contribution is -2.02. The Balaban J connectivity index is 2.87. The number of hydrogen-bond acceptors (Lipinski definition) is 2. The molecular weight excluding hydrogens is 220 g/mol. The SMILES string of the molecule is O=C(CCO)c1ccccc1Br. The predicted octanol–water partition coefficient (Wildman–Crippen LogP) is 2.01. The first-order valence-corrected chi connectivity index (χ1v) is 4.43. The molecule has 0 saturated carbocycles. The molecule has 0 aliphatic carbocycles. The smallest absolute Gasteiger partial charge is 0.166 e. The molecule has 1 aromatic rings. The van der Waals surface area contributed by atoms with E-state index in [1.807, 2.05) is 12.1 Å². The second-order valence-electron chi connectivity index (χ2n) is 2.38. The molecule has 0 aliphatic heterocycles. The quantitative estimate of drug-likeness (QED) is 0.805. The Morgan fingerprint density at radius 1 is 1.42 bits per heavy atom. The fraction of sp³-hybridized carbons (Fsp3) is 0.222. The molecule has 0 radical (unpaired) electrons. The van der Waals surface area contributed by atoms with Crippen LogP contribution in [0.2, 0.25) is 0 Å². The van der Waals surface area contributed by atoms with Gasteiger partial charge in [-0.05, 0) is 6.07 Å². The van der Waals surface area contributed by atoms with Crippen molar-refractivity contribution >= 4 is 21.7 Å². The number of carbonyl (C=O) groups is 1. The van der Waals surface area contributed by atoms with E-state index in [9.17, 15) is 4.79 Å². The van der Waals surface area contributed by atoms with Gasteiger partial charge in [0.05, 0.1) is 6.61 Å². The van der Waals surface area contributed by atoms with Gasteiger partial charge in [0.2, 0.25) is 0 Å². The van der Waals surface area contributed by atoms with Crippen molar-refractivity contribution in [3.05, 3.63) is 34.3 Å². The van der Waals surface area contributed by atoms with Gasteiger partial charge in [-0.2, -0.15) is 0 Å². The van der Waals surface area contributed by atoms with Crippen molar-refractivity contribution < 1.29 is 9.90 Å². The van der Waals surface area contributed by atoms with Crippen LogP contribution in [0.4, 0.5) is 0 Å². The Morgan fingerprint density at radius 3 is 2.67 bits per heavy atom. The zero-order valence-corrected chi connectivity index (χ0v) is 8.04. The van der Waals surface area contributed by atoms with Crippen LogP contribution in [-0.4, -0.2) is 17.5 Å². The second kappa shape index (κ2) is 4.38. The second-order valence-corrected chi connectivity index (χ2v) is 3.23. The molecule has 1 N–H and O–H groups in total. The third-order valence-electron chi connectivity index (χ3n) is 1.51. The van der Waals surface area contributed by atoms with Crippen LogP contribution in [0, 0.1) is 0 Å². The standard InChI is InChI=1S/C9H9BrO2/c10-8-4-2-1-3-7(8)9(12)5-6-11/h1-4,11H,5-6H2. The normalized spacial score (nSPS) is 9.83. The number of Topliss-reactive ketones (excluding diaryl/α,β-unsaturated/α-hetero) is 1. The van der Waals surface area contributed by atoms with Gasteiger partial charge < -0.3 is 5.11 Å². The maximum Gasteiger partial charge on any atom is 0.166 e. The molecule has 64 valence electrons. The van der Waals surface area contributed by atoms with Crippen molar-refractivity contribution in [3.8, 4) is 0 Å². The summed E-state index contributed by atoms with van der Waals surface area (Å²) in [6.45, 7) is -0.0971. The highest BCUT2D eigenvalue weighted by atomic mass is 79.9. The molecule has 0 fully saturated rings. The molecule has 0 unspecified atom stereocenters. The highest BCUT2D eigenvalue weighted by Gasteiger charge is 2.07. The highest BCUT2D eigenvalue weighted by molar-refractivity contribution is 9.10. The van der Waals surface area contributed by atoms with Crippen molar-refractivity contribution in [2.75, 3.05) is 6.61 Å². The van der Waals surface area contributed by atoms with Crippen LogP contribution in [0.15, 0.2) is 28.7 Å². The van der Waals surface area contributed by atoms with Crippen LogP contribution in [0.5, 0.6) is 0 Å². The van der Waals surface area contributed by atoms with Crippen LogP contribution >= 0.6 is 15.9 Å². The number of hydrogen-bond donors (Lipinski definition) is 1. The van der Waals surface area contributed by atoms with E-state index >= 15 is 0 Å². The lowest BCUT2D eigenvalue weighted by molar-refractivity contribution is 0.0956. The maximum atomic E-state index is 11.3. The summed E-state index contributed by atoms with van der Waals surface area (Å²) in [4.78, 5) is 11.3. The van der Waals surface area contributed by atoms with Gasteiger partial charge in [0, 0.05) is 16.5 Å². The van der Waals surface area contributed by atoms with E-state index in [1.54, 1.807) is 12.1 Å². The Morgan fingerprint density at radius 2 is 2.08 bits per heavy atom. The first-order chi connectivity index (χ1) is 5.75. The molecule has 0 bridgehead atoms. The van der Waals surface area contributed by atoms with Gasteiger partial charge in [0.1, 0.15) is 0 Å².